The molecule has 1 aromatic heterocycles. The first kappa shape index (κ1) is 13.5. The Labute approximate surface area is 119 Å². The molecule has 1 saturated heterocycles. The maximum absolute atomic E-state index is 12.3. The standard InChI is InChI=1S/C14H22N4O2/c1-11-13(16-20-15-11)10-17-6-3-7-18(9-8-17)14(19)12-4-2-5-12/h12H,2-10H2,1H3. The van der Waals surface area contributed by atoms with Crippen molar-refractivity contribution in [2.45, 2.75) is 39.2 Å². The van der Waals surface area contributed by atoms with E-state index in [2.05, 4.69) is 20.1 Å². The van der Waals surface area contributed by atoms with Gasteiger partial charge in [-0.25, -0.2) is 4.63 Å². The van der Waals surface area contributed by atoms with Crippen LogP contribution in [0.4, 0.5) is 0 Å². The zero-order valence-corrected chi connectivity index (χ0v) is 12.0. The summed E-state index contributed by atoms with van der Waals surface area (Å²) >= 11 is 0. The van der Waals surface area contributed by atoms with E-state index in [1.54, 1.807) is 0 Å². The number of aryl methyl sites for hydroxylation is 1. The van der Waals surface area contributed by atoms with Crippen LogP contribution in [-0.4, -0.2) is 52.2 Å². The van der Waals surface area contributed by atoms with Crippen molar-refractivity contribution in [3.8, 4) is 0 Å². The van der Waals surface area contributed by atoms with Crippen LogP contribution in [0.2, 0.25) is 0 Å². The van der Waals surface area contributed by atoms with Crippen LogP contribution in [-0.2, 0) is 11.3 Å². The van der Waals surface area contributed by atoms with Crippen LogP contribution in [0.15, 0.2) is 4.63 Å². The Bertz CT molecular complexity index is 469. The largest absolute Gasteiger partial charge is 0.341 e. The summed E-state index contributed by atoms with van der Waals surface area (Å²) in [5.74, 6) is 0.681. The summed E-state index contributed by atoms with van der Waals surface area (Å²) in [5.41, 5.74) is 1.76. The Balaban J connectivity index is 1.54. The number of amides is 1. The number of rotatable bonds is 3. The molecule has 20 heavy (non-hydrogen) atoms. The SMILES string of the molecule is Cc1nonc1CN1CCCN(C(=O)C2CCC2)CC1. The Morgan fingerprint density at radius 3 is 2.70 bits per heavy atom. The third-order valence-electron chi connectivity index (χ3n) is 4.47. The van der Waals surface area contributed by atoms with Gasteiger partial charge in [-0.15, -0.1) is 0 Å². The first-order valence-corrected chi connectivity index (χ1v) is 7.53. The molecule has 1 amide bonds. The van der Waals surface area contributed by atoms with Gasteiger partial charge < -0.3 is 4.90 Å². The maximum atomic E-state index is 12.3. The van der Waals surface area contributed by atoms with Gasteiger partial charge in [-0.2, -0.15) is 0 Å². The molecule has 0 aromatic carbocycles. The van der Waals surface area contributed by atoms with E-state index >= 15 is 0 Å². The second-order valence-electron chi connectivity index (χ2n) is 5.88. The fourth-order valence-electron chi connectivity index (χ4n) is 2.87. The average molecular weight is 278 g/mol. The molecule has 0 bridgehead atoms. The molecule has 0 atom stereocenters. The molecule has 2 heterocycles. The van der Waals surface area contributed by atoms with Gasteiger partial charge >= 0.3 is 0 Å². The zero-order chi connectivity index (χ0) is 13.9. The van der Waals surface area contributed by atoms with E-state index in [0.29, 0.717) is 11.8 Å². The third-order valence-corrected chi connectivity index (χ3v) is 4.47. The van der Waals surface area contributed by atoms with Crippen molar-refractivity contribution < 1.29 is 9.42 Å². The second-order valence-corrected chi connectivity index (χ2v) is 5.88. The van der Waals surface area contributed by atoms with E-state index in [1.807, 2.05) is 6.92 Å². The Morgan fingerprint density at radius 1 is 1.20 bits per heavy atom. The van der Waals surface area contributed by atoms with Gasteiger partial charge in [-0.3, -0.25) is 9.69 Å². The molecule has 0 unspecified atom stereocenters. The van der Waals surface area contributed by atoms with Crippen molar-refractivity contribution in [1.29, 1.82) is 0 Å². The molecule has 3 rings (SSSR count). The summed E-state index contributed by atoms with van der Waals surface area (Å²) < 4.78 is 4.74. The van der Waals surface area contributed by atoms with Crippen LogP contribution >= 0.6 is 0 Å². The molecule has 0 radical (unpaired) electrons. The highest BCUT2D eigenvalue weighted by Crippen LogP contribution is 2.28. The topological polar surface area (TPSA) is 62.5 Å². The predicted octanol–water partition coefficient (Wildman–Crippen LogP) is 1.21. The number of hydrogen-bond donors (Lipinski definition) is 0. The third kappa shape index (κ3) is 2.85. The van der Waals surface area contributed by atoms with Crippen molar-refractivity contribution in [2.75, 3.05) is 26.2 Å². The van der Waals surface area contributed by atoms with Gasteiger partial charge in [-0.05, 0) is 26.2 Å². The minimum atomic E-state index is 0.309. The smallest absolute Gasteiger partial charge is 0.225 e. The minimum Gasteiger partial charge on any atom is -0.341 e. The molecule has 2 fully saturated rings. The van der Waals surface area contributed by atoms with E-state index in [9.17, 15) is 4.79 Å². The summed E-state index contributed by atoms with van der Waals surface area (Å²) in [6.07, 6.45) is 4.42. The van der Waals surface area contributed by atoms with Crippen LogP contribution in [0.1, 0.15) is 37.1 Å². The first-order valence-electron chi connectivity index (χ1n) is 7.53. The summed E-state index contributed by atoms with van der Waals surface area (Å²) in [7, 11) is 0. The highest BCUT2D eigenvalue weighted by molar-refractivity contribution is 5.79. The molecule has 110 valence electrons. The van der Waals surface area contributed by atoms with Crippen molar-refractivity contribution in [1.82, 2.24) is 20.1 Å². The lowest BCUT2D eigenvalue weighted by Crippen LogP contribution is -2.41. The van der Waals surface area contributed by atoms with Crippen molar-refractivity contribution in [3.63, 3.8) is 0 Å². The minimum absolute atomic E-state index is 0.309. The summed E-state index contributed by atoms with van der Waals surface area (Å²) in [5, 5.41) is 7.75. The van der Waals surface area contributed by atoms with Crippen LogP contribution in [0.3, 0.4) is 0 Å². The fraction of sp³-hybridized carbons (Fsp3) is 0.786. The maximum Gasteiger partial charge on any atom is 0.225 e. The number of carbonyl (C=O) groups excluding carboxylic acids is 1. The van der Waals surface area contributed by atoms with Gasteiger partial charge in [0.15, 0.2) is 0 Å². The summed E-state index contributed by atoms with van der Waals surface area (Å²) in [4.78, 5) is 16.7. The normalized spacial score (nSPS) is 21.6. The molecule has 0 spiro atoms. The van der Waals surface area contributed by atoms with Crippen LogP contribution in [0.5, 0.6) is 0 Å². The Kier molecular flexibility index (Phi) is 4.00. The average Bonchev–Trinajstić information content (AvgIpc) is 2.62. The van der Waals surface area contributed by atoms with Crippen LogP contribution < -0.4 is 0 Å². The van der Waals surface area contributed by atoms with Crippen molar-refractivity contribution in [2.24, 2.45) is 5.92 Å². The van der Waals surface area contributed by atoms with Gasteiger partial charge in [0.25, 0.3) is 0 Å². The van der Waals surface area contributed by atoms with Gasteiger partial charge in [0.2, 0.25) is 5.91 Å². The molecule has 6 heteroatoms. The summed E-state index contributed by atoms with van der Waals surface area (Å²) in [6, 6.07) is 0. The van der Waals surface area contributed by atoms with E-state index in [0.717, 1.165) is 63.4 Å². The van der Waals surface area contributed by atoms with E-state index in [-0.39, 0.29) is 0 Å². The van der Waals surface area contributed by atoms with Gasteiger partial charge in [0.1, 0.15) is 11.4 Å². The Morgan fingerprint density at radius 2 is 2.05 bits per heavy atom. The van der Waals surface area contributed by atoms with Crippen LogP contribution in [0.25, 0.3) is 0 Å². The monoisotopic (exact) mass is 278 g/mol. The quantitative estimate of drug-likeness (QED) is 0.831. The molecular formula is C14H22N4O2. The second kappa shape index (κ2) is 5.91. The predicted molar refractivity (Wildman–Crippen MR) is 72.9 cm³/mol. The fourth-order valence-corrected chi connectivity index (χ4v) is 2.87. The lowest BCUT2D eigenvalue weighted by Gasteiger charge is -2.31. The van der Waals surface area contributed by atoms with Gasteiger partial charge in [-0.1, -0.05) is 16.7 Å². The van der Waals surface area contributed by atoms with E-state index < -0.39 is 0 Å². The molecule has 2 aliphatic rings. The van der Waals surface area contributed by atoms with Crippen molar-refractivity contribution >= 4 is 5.91 Å². The molecule has 1 aromatic rings. The molecular weight excluding hydrogens is 256 g/mol. The molecule has 1 aliphatic heterocycles. The first-order chi connectivity index (χ1) is 9.74. The number of nitrogens with zero attached hydrogens (tertiary/aromatic N) is 4. The highest BCUT2D eigenvalue weighted by Gasteiger charge is 2.30. The lowest BCUT2D eigenvalue weighted by atomic mass is 9.84. The van der Waals surface area contributed by atoms with Crippen molar-refractivity contribution in [3.05, 3.63) is 11.4 Å². The van der Waals surface area contributed by atoms with E-state index in [4.69, 9.17) is 4.63 Å². The molecule has 1 saturated carbocycles. The molecule has 0 N–H and O–H groups in total. The lowest BCUT2D eigenvalue weighted by molar-refractivity contribution is -0.138. The summed E-state index contributed by atoms with van der Waals surface area (Å²) in [6.45, 7) is 6.31. The number of aromatic nitrogens is 2. The van der Waals surface area contributed by atoms with E-state index in [1.165, 1.54) is 6.42 Å². The Hall–Kier alpha value is -1.43. The number of hydrogen-bond acceptors (Lipinski definition) is 5. The van der Waals surface area contributed by atoms with Crippen LogP contribution in [0, 0.1) is 12.8 Å². The number of carbonyl (C=O) groups is 1. The zero-order valence-electron chi connectivity index (χ0n) is 12.0. The van der Waals surface area contributed by atoms with Gasteiger partial charge in [0.05, 0.1) is 0 Å². The highest BCUT2D eigenvalue weighted by atomic mass is 16.6. The van der Waals surface area contributed by atoms with Gasteiger partial charge in [0, 0.05) is 38.6 Å². The molecule has 6 nitrogen and oxygen atoms in total. The molecule has 1 aliphatic carbocycles.